The van der Waals surface area contributed by atoms with Crippen molar-refractivity contribution >= 4 is 5.91 Å². The van der Waals surface area contributed by atoms with Crippen molar-refractivity contribution in [2.24, 2.45) is 5.73 Å². The molecule has 0 fully saturated rings. The third-order valence-electron chi connectivity index (χ3n) is 0.974. The number of carbonyl (C=O) groups excluding carboxylic acids is 1. The van der Waals surface area contributed by atoms with Crippen LogP contribution in [0.4, 0.5) is 0 Å². The highest BCUT2D eigenvalue weighted by molar-refractivity contribution is 5.75. The van der Waals surface area contributed by atoms with Gasteiger partial charge in [0.15, 0.2) is 0 Å². The summed E-state index contributed by atoms with van der Waals surface area (Å²) in [5.74, 6) is 2.17. The Morgan fingerprint density at radius 2 is 2.40 bits per heavy atom. The number of amides is 1. The van der Waals surface area contributed by atoms with Gasteiger partial charge in [-0.05, 0) is 13.0 Å². The third kappa shape index (κ3) is 6.99. The molecule has 0 bridgehead atoms. The SMILES string of the molecule is C#CCCCNCC(N)=O. The van der Waals surface area contributed by atoms with Gasteiger partial charge in [0, 0.05) is 6.42 Å². The summed E-state index contributed by atoms with van der Waals surface area (Å²) in [5, 5.41) is 2.85. The summed E-state index contributed by atoms with van der Waals surface area (Å²) >= 11 is 0. The van der Waals surface area contributed by atoms with Gasteiger partial charge in [0.1, 0.15) is 0 Å². The fourth-order valence-corrected chi connectivity index (χ4v) is 0.527. The van der Waals surface area contributed by atoms with Gasteiger partial charge in [0.2, 0.25) is 5.91 Å². The maximum atomic E-state index is 10.2. The summed E-state index contributed by atoms with van der Waals surface area (Å²) in [6.45, 7) is 0.998. The average molecular weight is 140 g/mol. The lowest BCUT2D eigenvalue weighted by molar-refractivity contribution is -0.117. The Morgan fingerprint density at radius 3 is 2.90 bits per heavy atom. The zero-order valence-corrected chi connectivity index (χ0v) is 5.89. The van der Waals surface area contributed by atoms with E-state index in [9.17, 15) is 4.79 Å². The maximum absolute atomic E-state index is 10.2. The van der Waals surface area contributed by atoms with Crippen LogP contribution in [-0.2, 0) is 4.79 Å². The molecular weight excluding hydrogens is 128 g/mol. The predicted octanol–water partition coefficient (Wildman–Crippen LogP) is -0.525. The Morgan fingerprint density at radius 1 is 1.70 bits per heavy atom. The minimum absolute atomic E-state index is 0.241. The molecule has 0 atom stereocenters. The molecule has 0 radical (unpaired) electrons. The molecule has 0 heterocycles. The number of nitrogens with one attached hydrogen (secondary N) is 1. The van der Waals surface area contributed by atoms with Crippen molar-refractivity contribution in [3.8, 4) is 12.3 Å². The second-order valence-electron chi connectivity index (χ2n) is 1.95. The summed E-state index contributed by atoms with van der Waals surface area (Å²) in [7, 11) is 0. The summed E-state index contributed by atoms with van der Waals surface area (Å²) in [4.78, 5) is 10.2. The number of terminal acetylenes is 1. The highest BCUT2D eigenvalue weighted by Crippen LogP contribution is 1.81. The highest BCUT2D eigenvalue weighted by Gasteiger charge is 1.90. The average Bonchev–Trinajstić information content (AvgIpc) is 1.87. The first-order valence-corrected chi connectivity index (χ1v) is 3.20. The molecule has 0 aliphatic rings. The Labute approximate surface area is 61.0 Å². The summed E-state index contributed by atoms with van der Waals surface area (Å²) in [6.07, 6.45) is 6.64. The molecule has 0 rings (SSSR count). The lowest BCUT2D eigenvalue weighted by Crippen LogP contribution is -2.29. The molecule has 0 aliphatic carbocycles. The number of rotatable bonds is 5. The molecule has 0 saturated heterocycles. The fraction of sp³-hybridized carbons (Fsp3) is 0.571. The second kappa shape index (κ2) is 6.12. The predicted molar refractivity (Wildman–Crippen MR) is 40.1 cm³/mol. The second-order valence-corrected chi connectivity index (χ2v) is 1.95. The molecule has 0 saturated carbocycles. The molecule has 10 heavy (non-hydrogen) atoms. The molecule has 0 aliphatic heterocycles. The summed E-state index contributed by atoms with van der Waals surface area (Å²) < 4.78 is 0. The van der Waals surface area contributed by atoms with Crippen LogP contribution in [0.5, 0.6) is 0 Å². The molecule has 0 unspecified atom stereocenters. The van der Waals surface area contributed by atoms with E-state index in [0.29, 0.717) is 0 Å². The number of primary amides is 1. The van der Waals surface area contributed by atoms with Crippen LogP contribution in [0.25, 0.3) is 0 Å². The minimum Gasteiger partial charge on any atom is -0.369 e. The zero-order valence-electron chi connectivity index (χ0n) is 5.89. The number of hydrogen-bond donors (Lipinski definition) is 2. The summed E-state index contributed by atoms with van der Waals surface area (Å²) in [5.41, 5.74) is 4.87. The zero-order chi connectivity index (χ0) is 7.82. The van der Waals surface area contributed by atoms with Crippen LogP contribution in [0.3, 0.4) is 0 Å². The Kier molecular flexibility index (Phi) is 5.50. The van der Waals surface area contributed by atoms with E-state index in [1.165, 1.54) is 0 Å². The third-order valence-corrected chi connectivity index (χ3v) is 0.974. The van der Waals surface area contributed by atoms with Gasteiger partial charge in [-0.3, -0.25) is 4.79 Å². The van der Waals surface area contributed by atoms with Crippen molar-refractivity contribution in [2.75, 3.05) is 13.1 Å². The van der Waals surface area contributed by atoms with E-state index in [0.717, 1.165) is 19.4 Å². The number of carbonyl (C=O) groups is 1. The van der Waals surface area contributed by atoms with Crippen molar-refractivity contribution < 1.29 is 4.79 Å². The topological polar surface area (TPSA) is 55.1 Å². The molecule has 1 amide bonds. The normalized spacial score (nSPS) is 8.70. The number of nitrogens with two attached hydrogens (primary N) is 1. The molecular formula is C7H12N2O. The van der Waals surface area contributed by atoms with Crippen LogP contribution >= 0.6 is 0 Å². The van der Waals surface area contributed by atoms with Crippen LogP contribution in [0, 0.1) is 12.3 Å². The first-order chi connectivity index (χ1) is 4.77. The highest BCUT2D eigenvalue weighted by atomic mass is 16.1. The lowest BCUT2D eigenvalue weighted by atomic mass is 10.3. The molecule has 0 aromatic heterocycles. The van der Waals surface area contributed by atoms with Crippen molar-refractivity contribution in [1.82, 2.24) is 5.32 Å². The standard InChI is InChI=1S/C7H12N2O/c1-2-3-4-5-9-6-7(8)10/h1,9H,3-6H2,(H2,8,10). The van der Waals surface area contributed by atoms with Gasteiger partial charge in [-0.2, -0.15) is 0 Å². The van der Waals surface area contributed by atoms with Crippen LogP contribution in [0.15, 0.2) is 0 Å². The van der Waals surface area contributed by atoms with Gasteiger partial charge >= 0.3 is 0 Å². The van der Waals surface area contributed by atoms with E-state index >= 15 is 0 Å². The molecule has 56 valence electrons. The molecule has 3 nitrogen and oxygen atoms in total. The molecule has 0 spiro atoms. The maximum Gasteiger partial charge on any atom is 0.231 e. The lowest BCUT2D eigenvalue weighted by Gasteiger charge is -1.97. The van der Waals surface area contributed by atoms with Crippen LogP contribution in [0.2, 0.25) is 0 Å². The largest absolute Gasteiger partial charge is 0.369 e. The van der Waals surface area contributed by atoms with E-state index in [2.05, 4.69) is 11.2 Å². The Hall–Kier alpha value is -1.01. The van der Waals surface area contributed by atoms with Gasteiger partial charge in [-0.25, -0.2) is 0 Å². The molecule has 3 heteroatoms. The van der Waals surface area contributed by atoms with E-state index in [-0.39, 0.29) is 12.5 Å². The van der Waals surface area contributed by atoms with Gasteiger partial charge in [-0.15, -0.1) is 12.3 Å². The van der Waals surface area contributed by atoms with Gasteiger partial charge < -0.3 is 11.1 Å². The van der Waals surface area contributed by atoms with E-state index < -0.39 is 0 Å². The minimum atomic E-state index is -0.333. The Bertz CT molecular complexity index is 137. The molecule has 0 aromatic rings. The smallest absolute Gasteiger partial charge is 0.231 e. The van der Waals surface area contributed by atoms with Crippen molar-refractivity contribution in [2.45, 2.75) is 12.8 Å². The van der Waals surface area contributed by atoms with E-state index in [1.807, 2.05) is 0 Å². The van der Waals surface area contributed by atoms with Crippen LogP contribution in [-0.4, -0.2) is 19.0 Å². The summed E-state index contributed by atoms with van der Waals surface area (Å²) in [6, 6.07) is 0. The van der Waals surface area contributed by atoms with E-state index in [4.69, 9.17) is 12.2 Å². The van der Waals surface area contributed by atoms with Gasteiger partial charge in [0.05, 0.1) is 6.54 Å². The molecule has 0 aromatic carbocycles. The first-order valence-electron chi connectivity index (χ1n) is 3.20. The first kappa shape index (κ1) is 8.99. The van der Waals surface area contributed by atoms with Crippen molar-refractivity contribution in [3.63, 3.8) is 0 Å². The quantitative estimate of drug-likeness (QED) is 0.398. The monoisotopic (exact) mass is 140 g/mol. The van der Waals surface area contributed by atoms with Gasteiger partial charge in [0.25, 0.3) is 0 Å². The van der Waals surface area contributed by atoms with Crippen molar-refractivity contribution in [1.29, 1.82) is 0 Å². The van der Waals surface area contributed by atoms with E-state index in [1.54, 1.807) is 0 Å². The Balaban J connectivity index is 2.92. The van der Waals surface area contributed by atoms with Crippen molar-refractivity contribution in [3.05, 3.63) is 0 Å². The van der Waals surface area contributed by atoms with Gasteiger partial charge in [-0.1, -0.05) is 0 Å². The fourth-order valence-electron chi connectivity index (χ4n) is 0.527. The van der Waals surface area contributed by atoms with Crippen LogP contribution in [0.1, 0.15) is 12.8 Å². The number of hydrogen-bond acceptors (Lipinski definition) is 2. The number of unbranched alkanes of at least 4 members (excludes halogenated alkanes) is 1. The molecule has 3 N–H and O–H groups in total. The van der Waals surface area contributed by atoms with Crippen LogP contribution < -0.4 is 11.1 Å².